The number of aliphatic hydroxyl groups is 1. The van der Waals surface area contributed by atoms with Gasteiger partial charge in [-0.25, -0.2) is 0 Å². The molecule has 1 aromatic carbocycles. The standard InChI is InChI=1S/C13H18N2O2/c1-8(14)6-12(17)15-13-10-5-3-2-4-9(10)7-11(13)16/h2-5,8,11,13,16H,6-7,14H2,1H3,(H,15,17)/t8?,11-,13+/m0/s1. The molecule has 0 aliphatic heterocycles. The number of benzene rings is 1. The molecule has 4 heteroatoms. The zero-order valence-electron chi connectivity index (χ0n) is 9.89. The molecule has 17 heavy (non-hydrogen) atoms. The molecule has 0 fully saturated rings. The number of nitrogens with one attached hydrogen (secondary N) is 1. The molecule has 0 aromatic heterocycles. The van der Waals surface area contributed by atoms with E-state index in [-0.39, 0.29) is 24.4 Å². The van der Waals surface area contributed by atoms with E-state index in [1.165, 1.54) is 0 Å². The molecule has 0 saturated carbocycles. The fourth-order valence-corrected chi connectivity index (χ4v) is 2.27. The van der Waals surface area contributed by atoms with Gasteiger partial charge in [0, 0.05) is 18.9 Å². The summed E-state index contributed by atoms with van der Waals surface area (Å²) < 4.78 is 0. The lowest BCUT2D eigenvalue weighted by atomic mass is 10.1. The molecule has 0 spiro atoms. The predicted octanol–water partition coefficient (Wildman–Crippen LogP) is 0.498. The molecule has 1 amide bonds. The summed E-state index contributed by atoms with van der Waals surface area (Å²) in [6.07, 6.45) is 0.342. The van der Waals surface area contributed by atoms with E-state index in [1.807, 2.05) is 24.3 Å². The third kappa shape index (κ3) is 2.65. The Bertz CT molecular complexity index is 418. The minimum atomic E-state index is -0.538. The minimum Gasteiger partial charge on any atom is -0.390 e. The second-order valence-corrected chi connectivity index (χ2v) is 4.70. The summed E-state index contributed by atoms with van der Waals surface area (Å²) >= 11 is 0. The van der Waals surface area contributed by atoms with E-state index in [2.05, 4.69) is 5.32 Å². The van der Waals surface area contributed by atoms with Gasteiger partial charge in [-0.1, -0.05) is 24.3 Å². The van der Waals surface area contributed by atoms with Gasteiger partial charge in [0.2, 0.25) is 5.91 Å². The lowest BCUT2D eigenvalue weighted by molar-refractivity contribution is -0.122. The summed E-state index contributed by atoms with van der Waals surface area (Å²) in [5, 5.41) is 12.8. The Morgan fingerprint density at radius 3 is 3.00 bits per heavy atom. The van der Waals surface area contributed by atoms with Crippen molar-refractivity contribution in [2.75, 3.05) is 0 Å². The second-order valence-electron chi connectivity index (χ2n) is 4.70. The quantitative estimate of drug-likeness (QED) is 0.713. The predicted molar refractivity (Wildman–Crippen MR) is 65.3 cm³/mol. The minimum absolute atomic E-state index is 0.110. The maximum Gasteiger partial charge on any atom is 0.222 e. The Kier molecular flexibility index (Phi) is 3.45. The lowest BCUT2D eigenvalue weighted by Crippen LogP contribution is -2.36. The van der Waals surface area contributed by atoms with Gasteiger partial charge in [0.1, 0.15) is 0 Å². The molecule has 92 valence electrons. The van der Waals surface area contributed by atoms with Crippen molar-refractivity contribution >= 4 is 5.91 Å². The van der Waals surface area contributed by atoms with Crippen molar-refractivity contribution in [1.29, 1.82) is 0 Å². The number of carbonyl (C=O) groups is 1. The first kappa shape index (κ1) is 12.1. The third-order valence-electron chi connectivity index (χ3n) is 3.03. The summed E-state index contributed by atoms with van der Waals surface area (Å²) in [7, 11) is 0. The van der Waals surface area contributed by atoms with Gasteiger partial charge in [-0.3, -0.25) is 4.79 Å². The fourth-order valence-electron chi connectivity index (χ4n) is 2.27. The first-order chi connectivity index (χ1) is 8.08. The highest BCUT2D eigenvalue weighted by Crippen LogP contribution is 2.31. The van der Waals surface area contributed by atoms with E-state index in [0.717, 1.165) is 11.1 Å². The van der Waals surface area contributed by atoms with E-state index in [9.17, 15) is 9.90 Å². The van der Waals surface area contributed by atoms with Gasteiger partial charge in [-0.15, -0.1) is 0 Å². The number of rotatable bonds is 3. The number of hydrogen-bond donors (Lipinski definition) is 3. The first-order valence-corrected chi connectivity index (χ1v) is 5.88. The summed E-state index contributed by atoms with van der Waals surface area (Å²) in [6, 6.07) is 7.33. The van der Waals surface area contributed by atoms with Crippen molar-refractivity contribution < 1.29 is 9.90 Å². The second kappa shape index (κ2) is 4.85. The highest BCUT2D eigenvalue weighted by atomic mass is 16.3. The van der Waals surface area contributed by atoms with Gasteiger partial charge in [0.25, 0.3) is 0 Å². The Morgan fingerprint density at radius 2 is 2.29 bits per heavy atom. The molecule has 1 aliphatic carbocycles. The SMILES string of the molecule is CC(N)CC(=O)N[C@@H]1c2ccccc2C[C@@H]1O. The van der Waals surface area contributed by atoms with Crippen LogP contribution in [0.3, 0.4) is 0 Å². The Balaban J connectivity index is 2.09. The summed E-state index contributed by atoms with van der Waals surface area (Å²) in [5.74, 6) is -0.110. The van der Waals surface area contributed by atoms with Crippen LogP contribution in [0.5, 0.6) is 0 Å². The Morgan fingerprint density at radius 1 is 1.59 bits per heavy atom. The topological polar surface area (TPSA) is 75.4 Å². The van der Waals surface area contributed by atoms with Gasteiger partial charge < -0.3 is 16.2 Å². The van der Waals surface area contributed by atoms with E-state index < -0.39 is 6.10 Å². The van der Waals surface area contributed by atoms with E-state index in [0.29, 0.717) is 6.42 Å². The van der Waals surface area contributed by atoms with Crippen molar-refractivity contribution in [2.45, 2.75) is 38.0 Å². The van der Waals surface area contributed by atoms with Crippen molar-refractivity contribution in [3.05, 3.63) is 35.4 Å². The molecule has 4 nitrogen and oxygen atoms in total. The van der Waals surface area contributed by atoms with Crippen LogP contribution >= 0.6 is 0 Å². The van der Waals surface area contributed by atoms with E-state index >= 15 is 0 Å². The van der Waals surface area contributed by atoms with Gasteiger partial charge in [0.05, 0.1) is 12.1 Å². The monoisotopic (exact) mass is 234 g/mol. The summed E-state index contributed by atoms with van der Waals surface area (Å²) in [5.41, 5.74) is 7.69. The van der Waals surface area contributed by atoms with Gasteiger partial charge in [-0.2, -0.15) is 0 Å². The smallest absolute Gasteiger partial charge is 0.222 e. The average molecular weight is 234 g/mol. The Labute approximate surface area is 101 Å². The number of amides is 1. The molecule has 4 N–H and O–H groups in total. The summed E-state index contributed by atoms with van der Waals surface area (Å²) in [4.78, 5) is 11.7. The molecular weight excluding hydrogens is 216 g/mol. The number of fused-ring (bicyclic) bond motifs is 1. The number of carbonyl (C=O) groups excluding carboxylic acids is 1. The molecule has 1 aliphatic rings. The molecule has 3 atom stereocenters. The van der Waals surface area contributed by atoms with Crippen molar-refractivity contribution in [2.24, 2.45) is 5.73 Å². The number of nitrogens with two attached hydrogens (primary N) is 1. The third-order valence-corrected chi connectivity index (χ3v) is 3.03. The molecule has 1 unspecified atom stereocenters. The van der Waals surface area contributed by atoms with Gasteiger partial charge >= 0.3 is 0 Å². The maximum atomic E-state index is 11.7. The van der Waals surface area contributed by atoms with Crippen LogP contribution in [-0.4, -0.2) is 23.2 Å². The molecule has 1 aromatic rings. The van der Waals surface area contributed by atoms with Crippen LogP contribution in [0.15, 0.2) is 24.3 Å². The largest absolute Gasteiger partial charge is 0.390 e. The molecule has 0 heterocycles. The zero-order valence-corrected chi connectivity index (χ0v) is 9.89. The van der Waals surface area contributed by atoms with Crippen molar-refractivity contribution in [3.8, 4) is 0 Å². The summed E-state index contributed by atoms with van der Waals surface area (Å²) in [6.45, 7) is 1.79. The van der Waals surface area contributed by atoms with Crippen LogP contribution in [0, 0.1) is 0 Å². The molecular formula is C13H18N2O2. The van der Waals surface area contributed by atoms with Crippen LogP contribution in [0.1, 0.15) is 30.5 Å². The van der Waals surface area contributed by atoms with Crippen molar-refractivity contribution in [3.63, 3.8) is 0 Å². The number of hydrogen-bond acceptors (Lipinski definition) is 3. The van der Waals surface area contributed by atoms with Gasteiger partial charge in [0.15, 0.2) is 0 Å². The highest BCUT2D eigenvalue weighted by molar-refractivity contribution is 5.77. The van der Waals surface area contributed by atoms with E-state index in [1.54, 1.807) is 6.92 Å². The van der Waals surface area contributed by atoms with Crippen LogP contribution in [-0.2, 0) is 11.2 Å². The molecule has 0 bridgehead atoms. The maximum absolute atomic E-state index is 11.7. The van der Waals surface area contributed by atoms with Crippen LogP contribution in [0.25, 0.3) is 0 Å². The van der Waals surface area contributed by atoms with E-state index in [4.69, 9.17) is 5.73 Å². The zero-order chi connectivity index (χ0) is 12.4. The van der Waals surface area contributed by atoms with Gasteiger partial charge in [-0.05, 0) is 18.1 Å². The molecule has 0 saturated heterocycles. The molecule has 0 radical (unpaired) electrons. The van der Waals surface area contributed by atoms with Crippen LogP contribution in [0.2, 0.25) is 0 Å². The van der Waals surface area contributed by atoms with Crippen LogP contribution in [0.4, 0.5) is 0 Å². The fraction of sp³-hybridized carbons (Fsp3) is 0.462. The average Bonchev–Trinajstić information content (AvgIpc) is 2.55. The Hall–Kier alpha value is -1.39. The molecule has 2 rings (SSSR count). The number of aliphatic hydroxyl groups excluding tert-OH is 1. The normalized spacial score (nSPS) is 24.2. The van der Waals surface area contributed by atoms with Crippen LogP contribution < -0.4 is 11.1 Å². The van der Waals surface area contributed by atoms with Crippen molar-refractivity contribution in [1.82, 2.24) is 5.32 Å². The highest BCUT2D eigenvalue weighted by Gasteiger charge is 2.31. The lowest BCUT2D eigenvalue weighted by Gasteiger charge is -2.18. The first-order valence-electron chi connectivity index (χ1n) is 5.88.